The third-order valence-corrected chi connectivity index (χ3v) is 2.81. The fourth-order valence-corrected chi connectivity index (χ4v) is 1.88. The third-order valence-electron chi connectivity index (χ3n) is 2.81. The van der Waals surface area contributed by atoms with E-state index in [1.54, 1.807) is 31.5 Å². The Balaban J connectivity index is 2.20. The van der Waals surface area contributed by atoms with Gasteiger partial charge in [0.05, 0.1) is 12.7 Å². The largest absolute Gasteiger partial charge is 0.497 e. The Morgan fingerprint density at radius 2 is 2.05 bits per heavy atom. The van der Waals surface area contributed by atoms with Gasteiger partial charge < -0.3 is 15.4 Å². The Kier molecular flexibility index (Phi) is 4.77. The molecule has 2 N–H and O–H groups in total. The molecule has 2 rings (SSSR count). The average Bonchev–Trinajstić information content (AvgIpc) is 2.47. The van der Waals surface area contributed by atoms with Crippen LogP contribution < -0.4 is 15.4 Å². The van der Waals surface area contributed by atoms with Crippen LogP contribution in [0.2, 0.25) is 0 Å². The Hall–Kier alpha value is -2.56. The van der Waals surface area contributed by atoms with Crippen molar-refractivity contribution >= 4 is 17.4 Å². The first-order valence-electron chi connectivity index (χ1n) is 6.77. The summed E-state index contributed by atoms with van der Waals surface area (Å²) in [6.45, 7) is 4.00. The van der Waals surface area contributed by atoms with Crippen LogP contribution in [0, 0.1) is 0 Å². The Labute approximate surface area is 124 Å². The molecule has 0 saturated carbocycles. The van der Waals surface area contributed by atoms with Gasteiger partial charge in [-0.1, -0.05) is 6.07 Å². The molecule has 5 heteroatoms. The summed E-state index contributed by atoms with van der Waals surface area (Å²) in [7, 11) is 1.59. The Morgan fingerprint density at radius 3 is 2.76 bits per heavy atom. The molecule has 0 radical (unpaired) electrons. The average molecular weight is 285 g/mol. The molecule has 0 aliphatic rings. The number of nitrogens with zero attached hydrogens (tertiary/aromatic N) is 1. The standard InChI is InChI=1S/C16H19N3O2/c1-11(2)18-15-14(8-5-9-17-15)16(20)19-12-6-4-7-13(10-12)21-3/h4-11H,1-3H3,(H,17,18)(H,19,20). The number of pyridine rings is 1. The minimum atomic E-state index is -0.209. The molecule has 1 aromatic carbocycles. The summed E-state index contributed by atoms with van der Waals surface area (Å²) in [4.78, 5) is 16.6. The van der Waals surface area contributed by atoms with Gasteiger partial charge >= 0.3 is 0 Å². The van der Waals surface area contributed by atoms with Gasteiger partial charge in [0.15, 0.2) is 0 Å². The molecule has 0 aliphatic heterocycles. The van der Waals surface area contributed by atoms with Gasteiger partial charge in [-0.25, -0.2) is 4.98 Å². The first-order valence-corrected chi connectivity index (χ1v) is 6.77. The number of hydrogen-bond acceptors (Lipinski definition) is 4. The van der Waals surface area contributed by atoms with Gasteiger partial charge in [-0.2, -0.15) is 0 Å². The molecule has 0 atom stereocenters. The zero-order chi connectivity index (χ0) is 15.2. The first-order chi connectivity index (χ1) is 10.1. The van der Waals surface area contributed by atoms with Crippen molar-refractivity contribution in [1.82, 2.24) is 4.98 Å². The molecule has 0 fully saturated rings. The molecular formula is C16H19N3O2. The molecule has 5 nitrogen and oxygen atoms in total. The van der Waals surface area contributed by atoms with Crippen LogP contribution in [0.4, 0.5) is 11.5 Å². The smallest absolute Gasteiger partial charge is 0.259 e. The van der Waals surface area contributed by atoms with Crippen LogP contribution in [-0.4, -0.2) is 24.0 Å². The van der Waals surface area contributed by atoms with E-state index in [0.717, 1.165) is 0 Å². The second-order valence-corrected chi connectivity index (χ2v) is 4.88. The number of benzene rings is 1. The van der Waals surface area contributed by atoms with Crippen molar-refractivity contribution in [3.05, 3.63) is 48.2 Å². The molecule has 0 spiro atoms. The third kappa shape index (κ3) is 3.95. The number of hydrogen-bond donors (Lipinski definition) is 2. The highest BCUT2D eigenvalue weighted by atomic mass is 16.5. The van der Waals surface area contributed by atoms with Crippen LogP contribution in [0.25, 0.3) is 0 Å². The van der Waals surface area contributed by atoms with E-state index >= 15 is 0 Å². The normalized spacial score (nSPS) is 10.3. The summed E-state index contributed by atoms with van der Waals surface area (Å²) in [5.74, 6) is 1.06. The van der Waals surface area contributed by atoms with Crippen LogP contribution in [0.3, 0.4) is 0 Å². The molecule has 1 aromatic heterocycles. The number of ether oxygens (including phenoxy) is 1. The predicted molar refractivity (Wildman–Crippen MR) is 83.9 cm³/mol. The lowest BCUT2D eigenvalue weighted by atomic mass is 10.2. The maximum atomic E-state index is 12.4. The van der Waals surface area contributed by atoms with Gasteiger partial charge in [0, 0.05) is 24.0 Å². The van der Waals surface area contributed by atoms with Gasteiger partial charge in [0.2, 0.25) is 0 Å². The zero-order valence-electron chi connectivity index (χ0n) is 12.4. The van der Waals surface area contributed by atoms with Crippen LogP contribution >= 0.6 is 0 Å². The van der Waals surface area contributed by atoms with E-state index in [1.165, 1.54) is 0 Å². The molecule has 0 saturated heterocycles. The lowest BCUT2D eigenvalue weighted by molar-refractivity contribution is 0.102. The van der Waals surface area contributed by atoms with E-state index in [-0.39, 0.29) is 11.9 Å². The van der Waals surface area contributed by atoms with Crippen molar-refractivity contribution in [3.8, 4) is 5.75 Å². The van der Waals surface area contributed by atoms with E-state index in [0.29, 0.717) is 22.8 Å². The van der Waals surface area contributed by atoms with Gasteiger partial charge in [0.25, 0.3) is 5.91 Å². The quantitative estimate of drug-likeness (QED) is 0.885. The van der Waals surface area contributed by atoms with Gasteiger partial charge in [-0.15, -0.1) is 0 Å². The highest BCUT2D eigenvalue weighted by Crippen LogP contribution is 2.19. The van der Waals surface area contributed by atoms with Crippen LogP contribution in [0.1, 0.15) is 24.2 Å². The molecular weight excluding hydrogens is 266 g/mol. The Bertz CT molecular complexity index is 626. The van der Waals surface area contributed by atoms with Gasteiger partial charge in [-0.3, -0.25) is 4.79 Å². The van der Waals surface area contributed by atoms with Gasteiger partial charge in [-0.05, 0) is 38.1 Å². The van der Waals surface area contributed by atoms with E-state index < -0.39 is 0 Å². The fraction of sp³-hybridized carbons (Fsp3) is 0.250. The highest BCUT2D eigenvalue weighted by molar-refractivity contribution is 6.07. The van der Waals surface area contributed by atoms with E-state index in [1.807, 2.05) is 32.0 Å². The summed E-state index contributed by atoms with van der Waals surface area (Å²) < 4.78 is 5.14. The number of rotatable bonds is 5. The molecule has 110 valence electrons. The number of nitrogens with one attached hydrogen (secondary N) is 2. The van der Waals surface area contributed by atoms with Crippen molar-refractivity contribution in [3.63, 3.8) is 0 Å². The number of carbonyl (C=O) groups excluding carboxylic acids is 1. The topological polar surface area (TPSA) is 63.2 Å². The van der Waals surface area contributed by atoms with Crippen LogP contribution in [0.15, 0.2) is 42.6 Å². The zero-order valence-corrected chi connectivity index (χ0v) is 12.4. The van der Waals surface area contributed by atoms with Crippen molar-refractivity contribution in [2.45, 2.75) is 19.9 Å². The lowest BCUT2D eigenvalue weighted by Crippen LogP contribution is -2.18. The highest BCUT2D eigenvalue weighted by Gasteiger charge is 2.13. The second-order valence-electron chi connectivity index (χ2n) is 4.88. The summed E-state index contributed by atoms with van der Waals surface area (Å²) in [6, 6.07) is 10.9. The summed E-state index contributed by atoms with van der Waals surface area (Å²) in [5, 5.41) is 6.01. The lowest BCUT2D eigenvalue weighted by Gasteiger charge is -2.13. The van der Waals surface area contributed by atoms with Crippen molar-refractivity contribution < 1.29 is 9.53 Å². The predicted octanol–water partition coefficient (Wildman–Crippen LogP) is 3.16. The first kappa shape index (κ1) is 14.8. The second kappa shape index (κ2) is 6.74. The summed E-state index contributed by atoms with van der Waals surface area (Å²) in [6.07, 6.45) is 1.66. The van der Waals surface area contributed by atoms with Gasteiger partial charge in [0.1, 0.15) is 11.6 Å². The van der Waals surface area contributed by atoms with E-state index in [4.69, 9.17) is 4.74 Å². The number of amides is 1. The maximum Gasteiger partial charge on any atom is 0.259 e. The molecule has 1 heterocycles. The number of aromatic nitrogens is 1. The number of anilines is 2. The fourth-order valence-electron chi connectivity index (χ4n) is 1.88. The SMILES string of the molecule is COc1cccc(NC(=O)c2cccnc2NC(C)C)c1. The summed E-state index contributed by atoms with van der Waals surface area (Å²) >= 11 is 0. The monoisotopic (exact) mass is 285 g/mol. The number of methoxy groups -OCH3 is 1. The van der Waals surface area contributed by atoms with E-state index in [9.17, 15) is 4.79 Å². The summed E-state index contributed by atoms with van der Waals surface area (Å²) in [5.41, 5.74) is 1.19. The molecule has 0 unspecified atom stereocenters. The molecule has 0 bridgehead atoms. The van der Waals surface area contributed by atoms with Crippen molar-refractivity contribution in [2.75, 3.05) is 17.7 Å². The minimum Gasteiger partial charge on any atom is -0.497 e. The van der Waals surface area contributed by atoms with Crippen LogP contribution in [0.5, 0.6) is 5.75 Å². The number of carbonyl (C=O) groups is 1. The molecule has 21 heavy (non-hydrogen) atoms. The van der Waals surface area contributed by atoms with Crippen LogP contribution in [-0.2, 0) is 0 Å². The van der Waals surface area contributed by atoms with Crippen molar-refractivity contribution in [2.24, 2.45) is 0 Å². The molecule has 0 aliphatic carbocycles. The molecule has 1 amide bonds. The minimum absolute atomic E-state index is 0.197. The maximum absolute atomic E-state index is 12.4. The van der Waals surface area contributed by atoms with Crippen molar-refractivity contribution in [1.29, 1.82) is 0 Å². The Morgan fingerprint density at radius 1 is 1.24 bits per heavy atom. The molecule has 2 aromatic rings. The van der Waals surface area contributed by atoms with E-state index in [2.05, 4.69) is 15.6 Å².